The summed E-state index contributed by atoms with van der Waals surface area (Å²) in [6.45, 7) is 5.40. The summed E-state index contributed by atoms with van der Waals surface area (Å²) in [6, 6.07) is 14.1. The van der Waals surface area contributed by atoms with Crippen LogP contribution in [0.2, 0.25) is 0 Å². The third-order valence-electron chi connectivity index (χ3n) is 5.73. The second-order valence-electron chi connectivity index (χ2n) is 8.20. The number of likely N-dealkylation sites (tertiary alicyclic amines) is 1. The van der Waals surface area contributed by atoms with Crippen LogP contribution < -0.4 is 14.4 Å². The Hall–Kier alpha value is -2.58. The number of nitrogens with zero attached hydrogens (tertiary/aromatic N) is 2. The fraction of sp³-hybridized carbons (Fsp3) is 0.458. The van der Waals surface area contributed by atoms with Gasteiger partial charge < -0.3 is 10.1 Å². The Bertz CT molecular complexity index is 1000. The Morgan fingerprint density at radius 1 is 1.12 bits per heavy atom. The molecule has 0 saturated carbocycles. The van der Waals surface area contributed by atoms with Crippen LogP contribution in [0.25, 0.3) is 0 Å². The van der Waals surface area contributed by atoms with Crippen LogP contribution in [0.15, 0.2) is 48.5 Å². The molecule has 0 bridgehead atoms. The normalized spacial score (nSPS) is 15.3. The summed E-state index contributed by atoms with van der Waals surface area (Å²) in [4.78, 5) is 15.5. The van der Waals surface area contributed by atoms with E-state index in [4.69, 9.17) is 4.74 Å². The standard InChI is InChI=1S/C24H33N3O4S/c1-4-23(27(32(3,29)30)21-8-7-9-22(16-21)31-2)24(28)25-17-19-10-12-20(13-11-19)18-26-14-5-6-15-26/h7-13,16,23H,4-6,14-15,17-18H2,1-3H3,(H,25,28)/t23-/m1/s1. The molecule has 0 aromatic heterocycles. The van der Waals surface area contributed by atoms with E-state index in [-0.39, 0.29) is 5.91 Å². The largest absolute Gasteiger partial charge is 0.497 e. The molecule has 1 fully saturated rings. The maximum absolute atomic E-state index is 13.0. The van der Waals surface area contributed by atoms with Crippen molar-refractivity contribution in [2.24, 2.45) is 0 Å². The molecule has 3 rings (SSSR count). The molecule has 1 N–H and O–H groups in total. The predicted molar refractivity (Wildman–Crippen MR) is 127 cm³/mol. The molecule has 0 aliphatic carbocycles. The Kier molecular flexibility index (Phi) is 8.15. The van der Waals surface area contributed by atoms with E-state index < -0.39 is 16.1 Å². The Morgan fingerprint density at radius 3 is 2.38 bits per heavy atom. The lowest BCUT2D eigenvalue weighted by Crippen LogP contribution is -2.49. The number of rotatable bonds is 10. The first-order valence-corrected chi connectivity index (χ1v) is 12.9. The van der Waals surface area contributed by atoms with Crippen molar-refractivity contribution in [1.82, 2.24) is 10.2 Å². The quantitative estimate of drug-likeness (QED) is 0.591. The lowest BCUT2D eigenvalue weighted by molar-refractivity contribution is -0.122. The highest BCUT2D eigenvalue weighted by molar-refractivity contribution is 7.92. The number of hydrogen-bond acceptors (Lipinski definition) is 5. The van der Waals surface area contributed by atoms with E-state index in [9.17, 15) is 13.2 Å². The van der Waals surface area contributed by atoms with Crippen LogP contribution in [0.3, 0.4) is 0 Å². The van der Waals surface area contributed by atoms with Crippen LogP contribution >= 0.6 is 0 Å². The number of hydrogen-bond donors (Lipinski definition) is 1. The number of nitrogens with one attached hydrogen (secondary N) is 1. The maximum atomic E-state index is 13.0. The van der Waals surface area contributed by atoms with Gasteiger partial charge in [0.2, 0.25) is 15.9 Å². The van der Waals surface area contributed by atoms with Crippen molar-refractivity contribution < 1.29 is 17.9 Å². The van der Waals surface area contributed by atoms with Crippen LogP contribution in [-0.2, 0) is 27.9 Å². The third kappa shape index (κ3) is 6.23. The topological polar surface area (TPSA) is 79.0 Å². The third-order valence-corrected chi connectivity index (χ3v) is 6.91. The van der Waals surface area contributed by atoms with Crippen LogP contribution in [-0.4, -0.2) is 51.7 Å². The highest BCUT2D eigenvalue weighted by Gasteiger charge is 2.31. The molecular formula is C24H33N3O4S. The summed E-state index contributed by atoms with van der Waals surface area (Å²) in [5, 5.41) is 2.91. The molecule has 32 heavy (non-hydrogen) atoms. The van der Waals surface area contributed by atoms with E-state index in [1.54, 1.807) is 31.2 Å². The van der Waals surface area contributed by atoms with Gasteiger partial charge in [-0.25, -0.2) is 8.42 Å². The number of anilines is 1. The van der Waals surface area contributed by atoms with Crippen molar-refractivity contribution in [3.63, 3.8) is 0 Å². The smallest absolute Gasteiger partial charge is 0.244 e. The van der Waals surface area contributed by atoms with Gasteiger partial charge >= 0.3 is 0 Å². The van der Waals surface area contributed by atoms with Gasteiger partial charge in [0.25, 0.3) is 0 Å². The van der Waals surface area contributed by atoms with Gasteiger partial charge in [-0.2, -0.15) is 0 Å². The van der Waals surface area contributed by atoms with Crippen LogP contribution in [0.5, 0.6) is 5.75 Å². The van der Waals surface area contributed by atoms with Crippen molar-refractivity contribution in [2.75, 3.05) is 30.8 Å². The molecule has 1 amide bonds. The minimum Gasteiger partial charge on any atom is -0.497 e. The number of benzene rings is 2. The zero-order valence-electron chi connectivity index (χ0n) is 19.1. The summed E-state index contributed by atoms with van der Waals surface area (Å²) < 4.78 is 31.6. The zero-order valence-corrected chi connectivity index (χ0v) is 19.9. The summed E-state index contributed by atoms with van der Waals surface area (Å²) in [5.74, 6) is 0.197. The first-order valence-electron chi connectivity index (χ1n) is 11.0. The van der Waals surface area contributed by atoms with Crippen molar-refractivity contribution in [2.45, 2.75) is 45.3 Å². The van der Waals surface area contributed by atoms with E-state index in [1.165, 1.54) is 29.8 Å². The molecule has 0 unspecified atom stereocenters. The van der Waals surface area contributed by atoms with Gasteiger partial charge in [-0.15, -0.1) is 0 Å². The number of carbonyl (C=O) groups is 1. The van der Waals surface area contributed by atoms with Crippen molar-refractivity contribution >= 4 is 21.6 Å². The maximum Gasteiger partial charge on any atom is 0.244 e. The Morgan fingerprint density at radius 2 is 1.78 bits per heavy atom. The number of sulfonamides is 1. The minimum absolute atomic E-state index is 0.332. The second-order valence-corrected chi connectivity index (χ2v) is 10.1. The molecule has 2 aromatic carbocycles. The van der Waals surface area contributed by atoms with Gasteiger partial charge in [0.1, 0.15) is 11.8 Å². The molecule has 1 aliphatic rings. The number of ether oxygens (including phenoxy) is 1. The van der Waals surface area contributed by atoms with Gasteiger partial charge in [-0.1, -0.05) is 37.3 Å². The van der Waals surface area contributed by atoms with Crippen LogP contribution in [0.1, 0.15) is 37.3 Å². The van der Waals surface area contributed by atoms with Crippen molar-refractivity contribution in [1.29, 1.82) is 0 Å². The fourth-order valence-electron chi connectivity index (χ4n) is 4.08. The second kappa shape index (κ2) is 10.8. The molecule has 174 valence electrons. The van der Waals surface area contributed by atoms with Gasteiger partial charge in [0.15, 0.2) is 0 Å². The zero-order chi connectivity index (χ0) is 23.1. The lowest BCUT2D eigenvalue weighted by atomic mass is 10.1. The van der Waals surface area contributed by atoms with Gasteiger partial charge in [0.05, 0.1) is 19.1 Å². The average Bonchev–Trinajstić information content (AvgIpc) is 3.29. The van der Waals surface area contributed by atoms with Gasteiger partial charge in [-0.3, -0.25) is 14.0 Å². The molecule has 1 heterocycles. The van der Waals surface area contributed by atoms with E-state index in [0.717, 1.165) is 31.5 Å². The first kappa shape index (κ1) is 24.1. The molecule has 0 spiro atoms. The number of methoxy groups -OCH3 is 1. The molecule has 8 heteroatoms. The van der Waals surface area contributed by atoms with Crippen molar-refractivity contribution in [3.05, 3.63) is 59.7 Å². The average molecular weight is 460 g/mol. The van der Waals surface area contributed by atoms with Crippen LogP contribution in [0.4, 0.5) is 5.69 Å². The highest BCUT2D eigenvalue weighted by atomic mass is 32.2. The Balaban J connectivity index is 1.68. The van der Waals surface area contributed by atoms with Crippen molar-refractivity contribution in [3.8, 4) is 5.75 Å². The molecule has 1 saturated heterocycles. The monoisotopic (exact) mass is 459 g/mol. The van der Waals surface area contributed by atoms with E-state index in [1.807, 2.05) is 12.1 Å². The first-order chi connectivity index (χ1) is 15.3. The predicted octanol–water partition coefficient (Wildman–Crippen LogP) is 3.15. The highest BCUT2D eigenvalue weighted by Crippen LogP contribution is 2.26. The van der Waals surface area contributed by atoms with E-state index >= 15 is 0 Å². The summed E-state index contributed by atoms with van der Waals surface area (Å²) >= 11 is 0. The summed E-state index contributed by atoms with van der Waals surface area (Å²) in [7, 11) is -2.17. The minimum atomic E-state index is -3.69. The SMILES string of the molecule is CC[C@H](C(=O)NCc1ccc(CN2CCCC2)cc1)N(c1cccc(OC)c1)S(C)(=O)=O. The van der Waals surface area contributed by atoms with E-state index in [0.29, 0.717) is 24.4 Å². The molecule has 1 atom stereocenters. The van der Waals surface area contributed by atoms with Gasteiger partial charge in [0, 0.05) is 19.2 Å². The van der Waals surface area contributed by atoms with E-state index in [2.05, 4.69) is 22.3 Å². The molecular weight excluding hydrogens is 426 g/mol. The van der Waals surface area contributed by atoms with Crippen LogP contribution in [0, 0.1) is 0 Å². The summed E-state index contributed by atoms with van der Waals surface area (Å²) in [6.07, 6.45) is 3.98. The fourth-order valence-corrected chi connectivity index (χ4v) is 5.28. The number of carbonyl (C=O) groups excluding carboxylic acids is 1. The molecule has 1 aliphatic heterocycles. The van der Waals surface area contributed by atoms with Gasteiger partial charge in [-0.05, 0) is 55.6 Å². The Labute approximate surface area is 191 Å². The molecule has 7 nitrogen and oxygen atoms in total. The molecule has 0 radical (unpaired) electrons. The summed E-state index contributed by atoms with van der Waals surface area (Å²) in [5.41, 5.74) is 2.64. The molecule has 2 aromatic rings. The number of amides is 1. The lowest BCUT2D eigenvalue weighted by Gasteiger charge is -2.30.